The predicted molar refractivity (Wildman–Crippen MR) is 90.6 cm³/mol. The van der Waals surface area contributed by atoms with Gasteiger partial charge < -0.3 is 9.51 Å². The molecule has 5 nitrogen and oxygen atoms in total. The molecule has 0 spiro atoms. The van der Waals surface area contributed by atoms with E-state index in [1.54, 1.807) is 0 Å². The Balaban J connectivity index is 1.75. The Morgan fingerprint density at radius 2 is 2.22 bits per heavy atom. The molecule has 0 radical (unpaired) electrons. The third-order valence-corrected chi connectivity index (χ3v) is 5.00. The number of hydrogen-bond acceptors (Lipinski definition) is 4. The zero-order valence-corrected chi connectivity index (χ0v) is 14.9. The van der Waals surface area contributed by atoms with Gasteiger partial charge in [0.05, 0.1) is 11.4 Å². The van der Waals surface area contributed by atoms with Crippen molar-refractivity contribution in [3.8, 4) is 0 Å². The van der Waals surface area contributed by atoms with Crippen molar-refractivity contribution < 1.29 is 4.52 Å². The summed E-state index contributed by atoms with van der Waals surface area (Å²) in [6, 6.07) is 0.361. The lowest BCUT2D eigenvalue weighted by Gasteiger charge is -2.23. The number of likely N-dealkylation sites (tertiary alicyclic amines) is 1. The fourth-order valence-corrected chi connectivity index (χ4v) is 3.73. The summed E-state index contributed by atoms with van der Waals surface area (Å²) in [6.07, 6.45) is 5.58. The molecule has 0 amide bonds. The highest BCUT2D eigenvalue weighted by atomic mass is 35.5. The fraction of sp³-hybridized carbons (Fsp3) is 0.647. The summed E-state index contributed by atoms with van der Waals surface area (Å²) in [5.74, 6) is 1.93. The van der Waals surface area contributed by atoms with Crippen LogP contribution in [0.15, 0.2) is 4.52 Å². The molecule has 0 saturated carbocycles. The Morgan fingerprint density at radius 1 is 1.39 bits per heavy atom. The number of H-pyrrole nitrogens is 1. The van der Waals surface area contributed by atoms with E-state index in [9.17, 15) is 0 Å². The molecule has 23 heavy (non-hydrogen) atoms. The van der Waals surface area contributed by atoms with Gasteiger partial charge in [0.25, 0.3) is 0 Å². The molecule has 0 bridgehead atoms. The molecule has 2 aromatic heterocycles. The molecule has 1 atom stereocenters. The molecule has 1 fully saturated rings. The van der Waals surface area contributed by atoms with Gasteiger partial charge in [-0.25, -0.2) is 4.98 Å². The summed E-state index contributed by atoms with van der Waals surface area (Å²) >= 11 is 6.34. The van der Waals surface area contributed by atoms with Gasteiger partial charge in [-0.1, -0.05) is 30.1 Å². The first-order valence-electron chi connectivity index (χ1n) is 8.50. The van der Waals surface area contributed by atoms with Crippen LogP contribution in [-0.4, -0.2) is 26.6 Å². The smallest absolute Gasteiger partial charge is 0.151 e. The van der Waals surface area contributed by atoms with Crippen LogP contribution < -0.4 is 0 Å². The molecule has 3 heterocycles. The van der Waals surface area contributed by atoms with Crippen molar-refractivity contribution in [2.75, 3.05) is 6.54 Å². The van der Waals surface area contributed by atoms with Crippen molar-refractivity contribution >= 4 is 11.6 Å². The number of halogens is 1. The van der Waals surface area contributed by atoms with Crippen molar-refractivity contribution in [3.63, 3.8) is 0 Å². The maximum atomic E-state index is 6.34. The molecule has 6 heteroatoms. The summed E-state index contributed by atoms with van der Waals surface area (Å²) < 4.78 is 5.36. The van der Waals surface area contributed by atoms with E-state index in [4.69, 9.17) is 16.1 Å². The van der Waals surface area contributed by atoms with Gasteiger partial charge in [-0.15, -0.1) is 0 Å². The van der Waals surface area contributed by atoms with Crippen LogP contribution in [-0.2, 0) is 13.0 Å². The molecule has 1 saturated heterocycles. The van der Waals surface area contributed by atoms with E-state index >= 15 is 0 Å². The minimum absolute atomic E-state index is 0.361. The van der Waals surface area contributed by atoms with Crippen LogP contribution in [0.3, 0.4) is 0 Å². The maximum Gasteiger partial charge on any atom is 0.151 e. The van der Waals surface area contributed by atoms with Crippen LogP contribution in [0.5, 0.6) is 0 Å². The zero-order valence-electron chi connectivity index (χ0n) is 14.2. The van der Waals surface area contributed by atoms with Crippen molar-refractivity contribution in [2.45, 2.75) is 65.5 Å². The Hall–Kier alpha value is -1.33. The molecule has 126 valence electrons. The Labute approximate surface area is 142 Å². The monoisotopic (exact) mass is 336 g/mol. The number of imidazole rings is 1. The zero-order chi connectivity index (χ0) is 16.4. The molecule has 0 aromatic carbocycles. The van der Waals surface area contributed by atoms with Crippen LogP contribution >= 0.6 is 11.6 Å². The van der Waals surface area contributed by atoms with E-state index in [0.717, 1.165) is 61.7 Å². The largest absolute Gasteiger partial charge is 0.361 e. The van der Waals surface area contributed by atoms with E-state index in [0.29, 0.717) is 11.2 Å². The number of aromatic amines is 1. The van der Waals surface area contributed by atoms with Gasteiger partial charge in [-0.3, -0.25) is 4.90 Å². The number of nitrogens with one attached hydrogen (secondary N) is 1. The molecular weight excluding hydrogens is 312 g/mol. The van der Waals surface area contributed by atoms with Crippen molar-refractivity contribution in [1.82, 2.24) is 20.0 Å². The van der Waals surface area contributed by atoms with Crippen LogP contribution in [0.2, 0.25) is 5.15 Å². The standard InChI is InChI=1S/C17H25ClN4O/c1-4-5-8-15-19-13(17(18)20-15)10-22-9-6-7-14(22)16-11(2)21-23-12(16)3/h14H,4-10H2,1-3H3,(H,19,20)/t14-/m1/s1. The second-order valence-corrected chi connectivity index (χ2v) is 6.78. The number of aromatic nitrogens is 3. The highest BCUT2D eigenvalue weighted by Crippen LogP contribution is 2.36. The number of unbranched alkanes of at least 4 members (excludes halogenated alkanes) is 1. The fourth-order valence-electron chi connectivity index (χ4n) is 3.52. The van der Waals surface area contributed by atoms with Crippen molar-refractivity contribution in [3.05, 3.63) is 33.7 Å². The van der Waals surface area contributed by atoms with E-state index in [-0.39, 0.29) is 0 Å². The van der Waals surface area contributed by atoms with E-state index in [2.05, 4.69) is 26.9 Å². The summed E-state index contributed by atoms with van der Waals surface area (Å²) in [4.78, 5) is 10.3. The van der Waals surface area contributed by atoms with Gasteiger partial charge in [-0.05, 0) is 39.7 Å². The highest BCUT2D eigenvalue weighted by Gasteiger charge is 2.31. The van der Waals surface area contributed by atoms with Crippen LogP contribution in [0.4, 0.5) is 0 Å². The molecule has 0 unspecified atom stereocenters. The molecule has 1 aliphatic rings. The normalized spacial score (nSPS) is 18.9. The molecule has 0 aliphatic carbocycles. The van der Waals surface area contributed by atoms with Gasteiger partial charge in [-0.2, -0.15) is 0 Å². The van der Waals surface area contributed by atoms with Crippen LogP contribution in [0.25, 0.3) is 0 Å². The van der Waals surface area contributed by atoms with Crippen LogP contribution in [0.1, 0.15) is 67.2 Å². The Kier molecular flexibility index (Phi) is 5.07. The lowest BCUT2D eigenvalue weighted by atomic mass is 10.0. The second-order valence-electron chi connectivity index (χ2n) is 6.42. The van der Waals surface area contributed by atoms with Crippen molar-refractivity contribution in [1.29, 1.82) is 0 Å². The highest BCUT2D eigenvalue weighted by molar-refractivity contribution is 6.30. The molecule has 1 aliphatic heterocycles. The topological polar surface area (TPSA) is 58.0 Å². The minimum atomic E-state index is 0.361. The number of hydrogen-bond donors (Lipinski definition) is 1. The average molecular weight is 337 g/mol. The van der Waals surface area contributed by atoms with E-state index in [1.165, 1.54) is 12.0 Å². The molecule has 2 aromatic rings. The summed E-state index contributed by atoms with van der Waals surface area (Å²) in [7, 11) is 0. The average Bonchev–Trinajstić information content (AvgIpc) is 3.19. The number of rotatable bonds is 6. The third kappa shape index (κ3) is 3.45. The van der Waals surface area contributed by atoms with Gasteiger partial charge in [0, 0.05) is 24.6 Å². The van der Waals surface area contributed by atoms with Gasteiger partial charge in [0.15, 0.2) is 5.15 Å². The van der Waals surface area contributed by atoms with Gasteiger partial charge >= 0.3 is 0 Å². The van der Waals surface area contributed by atoms with E-state index < -0.39 is 0 Å². The summed E-state index contributed by atoms with van der Waals surface area (Å²) in [5.41, 5.74) is 3.26. The summed E-state index contributed by atoms with van der Waals surface area (Å²) in [5, 5.41) is 4.72. The first-order valence-corrected chi connectivity index (χ1v) is 8.88. The second kappa shape index (κ2) is 7.05. The Bertz CT molecular complexity index is 644. The first kappa shape index (κ1) is 16.5. The van der Waals surface area contributed by atoms with Crippen molar-refractivity contribution in [2.24, 2.45) is 0 Å². The predicted octanol–water partition coefficient (Wildman–Crippen LogP) is 4.35. The lowest BCUT2D eigenvalue weighted by Crippen LogP contribution is -2.23. The maximum absolute atomic E-state index is 6.34. The summed E-state index contributed by atoms with van der Waals surface area (Å²) in [6.45, 7) is 8.07. The lowest BCUT2D eigenvalue weighted by molar-refractivity contribution is 0.243. The Morgan fingerprint density at radius 3 is 2.91 bits per heavy atom. The first-order chi connectivity index (χ1) is 11.1. The minimum Gasteiger partial charge on any atom is -0.361 e. The van der Waals surface area contributed by atoms with E-state index in [1.807, 2.05) is 13.8 Å². The number of aryl methyl sites for hydroxylation is 3. The van der Waals surface area contributed by atoms with Gasteiger partial charge in [0.2, 0.25) is 0 Å². The third-order valence-electron chi connectivity index (χ3n) is 4.69. The molecule has 1 N–H and O–H groups in total. The molecule has 3 rings (SSSR count). The van der Waals surface area contributed by atoms with Crippen LogP contribution in [0, 0.1) is 13.8 Å². The SMILES string of the molecule is CCCCc1nc(Cl)c(CN2CCC[C@@H]2c2c(C)noc2C)[nH]1. The number of nitrogens with zero attached hydrogens (tertiary/aromatic N) is 3. The quantitative estimate of drug-likeness (QED) is 0.852. The molecular formula is C17H25ClN4O. The van der Waals surface area contributed by atoms with Gasteiger partial charge in [0.1, 0.15) is 11.6 Å².